The summed E-state index contributed by atoms with van der Waals surface area (Å²) in [7, 11) is -9.98. The van der Waals surface area contributed by atoms with Gasteiger partial charge in [-0.15, -0.1) is 0 Å². The lowest BCUT2D eigenvalue weighted by Gasteiger charge is -2.21. The van der Waals surface area contributed by atoms with Crippen LogP contribution in [0.1, 0.15) is 323 Å². The molecule has 0 bridgehead atoms. The second-order valence-corrected chi connectivity index (χ2v) is 29.5. The summed E-state index contributed by atoms with van der Waals surface area (Å²) in [5, 5.41) is 10.6. The fraction of sp³-hybridized carbons (Fsp3) is 0.694. The number of carbonyl (C=O) groups excluding carboxylic acids is 4. The molecule has 0 heterocycles. The zero-order valence-corrected chi connectivity index (χ0v) is 66.9. The standard InChI is InChI=1S/C85H144O17P2/c1-5-9-13-17-21-25-29-33-37-38-39-40-44-46-50-54-58-62-66-70-83(88)96-76-81(102-85(90)72-68-64-60-56-52-48-43-36-32-28-24-20-16-12-8-4)78-100-104(93,94)98-74-79(86)73-97-103(91,92)99-77-80(101-84(89)71-67-63-59-55-51-47-42-35-31-27-23-19-15-11-7-3)75-95-82(87)69-65-61-57-53-49-45-41-34-30-26-22-18-14-10-6-2/h9-10,13-14,21-23,25-27,33-37,39-43,49,53,79-81,86H,5-8,11-12,15-20,24,28-32,38,44-48,50-52,54-78H2,1-4H3,(H,91,92)(H,93,94)/b13-9-,14-10-,25-21-,26-22-,27-23-,37-33-,40-39-,41-34-,42-35-,43-36-,53-49-. The molecule has 0 radical (unpaired) electrons. The molecule has 0 aromatic rings. The average Bonchev–Trinajstić information content (AvgIpc) is 0.918. The molecule has 104 heavy (non-hydrogen) atoms. The molecule has 0 saturated heterocycles. The number of esters is 4. The maximum Gasteiger partial charge on any atom is 0.472 e. The van der Waals surface area contributed by atoms with E-state index in [-0.39, 0.29) is 25.7 Å². The van der Waals surface area contributed by atoms with Crippen molar-refractivity contribution in [2.45, 2.75) is 341 Å². The highest BCUT2D eigenvalue weighted by atomic mass is 31.2. The number of hydrogen-bond donors (Lipinski definition) is 3. The molecule has 0 spiro atoms. The molecule has 0 aromatic carbocycles. The SMILES string of the molecule is CC/C=C\C/C=C\C/C=C\C/C=C\CCCCCCCCC(=O)OCC(COP(=O)(O)OCC(O)COP(=O)(O)OCC(COC(=O)CCCC/C=C\C/C=C\C/C=C\C/C=C\CC)OC(=O)CCCCCCC/C=C\C/C=C\CCCCC)OC(=O)CCCCCCC/C=C\CCCCCCCC. The summed E-state index contributed by atoms with van der Waals surface area (Å²) in [6.07, 6.45) is 85.7. The number of carbonyl (C=O) groups is 4. The number of aliphatic hydroxyl groups excluding tert-OH is 1. The number of aliphatic hydroxyl groups is 1. The topological polar surface area (TPSA) is 237 Å². The summed E-state index contributed by atoms with van der Waals surface area (Å²) >= 11 is 0. The number of ether oxygens (including phenoxy) is 4. The summed E-state index contributed by atoms with van der Waals surface area (Å²) in [6.45, 7) is 4.55. The van der Waals surface area contributed by atoms with Crippen LogP contribution in [0.15, 0.2) is 134 Å². The molecule has 3 N–H and O–H groups in total. The van der Waals surface area contributed by atoms with Gasteiger partial charge in [0.2, 0.25) is 0 Å². The van der Waals surface area contributed by atoms with Gasteiger partial charge in [-0.2, -0.15) is 0 Å². The van der Waals surface area contributed by atoms with Crippen LogP contribution < -0.4 is 0 Å². The van der Waals surface area contributed by atoms with E-state index in [1.165, 1.54) is 57.8 Å². The largest absolute Gasteiger partial charge is 0.472 e. The third kappa shape index (κ3) is 75.4. The predicted molar refractivity (Wildman–Crippen MR) is 427 cm³/mol. The first-order valence-corrected chi connectivity index (χ1v) is 43.4. The summed E-state index contributed by atoms with van der Waals surface area (Å²) in [5.41, 5.74) is 0. The molecule has 0 aliphatic carbocycles. The minimum Gasteiger partial charge on any atom is -0.462 e. The highest BCUT2D eigenvalue weighted by Crippen LogP contribution is 2.45. The van der Waals surface area contributed by atoms with E-state index < -0.39 is 97.5 Å². The lowest BCUT2D eigenvalue weighted by molar-refractivity contribution is -0.161. The van der Waals surface area contributed by atoms with Crippen molar-refractivity contribution in [1.82, 2.24) is 0 Å². The van der Waals surface area contributed by atoms with E-state index in [1.54, 1.807) is 0 Å². The zero-order valence-electron chi connectivity index (χ0n) is 65.2. The van der Waals surface area contributed by atoms with E-state index in [1.807, 2.05) is 0 Å². The molecule has 5 atom stereocenters. The van der Waals surface area contributed by atoms with Crippen LogP contribution in [-0.2, 0) is 65.4 Å². The Labute approximate surface area is 631 Å². The van der Waals surface area contributed by atoms with Crippen molar-refractivity contribution in [2.24, 2.45) is 0 Å². The Kier molecular flexibility index (Phi) is 72.9. The van der Waals surface area contributed by atoms with Crippen molar-refractivity contribution in [3.63, 3.8) is 0 Å². The van der Waals surface area contributed by atoms with Gasteiger partial charge in [-0.1, -0.05) is 271 Å². The van der Waals surface area contributed by atoms with Crippen LogP contribution in [-0.4, -0.2) is 96.7 Å². The quantitative estimate of drug-likeness (QED) is 0.0169. The lowest BCUT2D eigenvalue weighted by atomic mass is 10.1. The van der Waals surface area contributed by atoms with Gasteiger partial charge in [0.15, 0.2) is 12.2 Å². The molecule has 0 saturated carbocycles. The number of rotatable bonds is 75. The maximum atomic E-state index is 13.1. The number of allylic oxidation sites excluding steroid dienone is 22. The van der Waals surface area contributed by atoms with Crippen molar-refractivity contribution in [3.8, 4) is 0 Å². The predicted octanol–water partition coefficient (Wildman–Crippen LogP) is 23.7. The maximum absolute atomic E-state index is 13.1. The minimum absolute atomic E-state index is 0.0669. The van der Waals surface area contributed by atoms with Crippen molar-refractivity contribution < 1.29 is 80.2 Å². The van der Waals surface area contributed by atoms with Gasteiger partial charge in [0.1, 0.15) is 19.3 Å². The van der Waals surface area contributed by atoms with Crippen LogP contribution in [0.25, 0.3) is 0 Å². The molecule has 0 aliphatic rings. The smallest absolute Gasteiger partial charge is 0.462 e. The van der Waals surface area contributed by atoms with Crippen LogP contribution in [0.5, 0.6) is 0 Å². The Morgan fingerprint density at radius 3 is 0.817 bits per heavy atom. The van der Waals surface area contributed by atoms with Gasteiger partial charge in [0.05, 0.1) is 26.4 Å². The van der Waals surface area contributed by atoms with Crippen molar-refractivity contribution in [3.05, 3.63) is 134 Å². The van der Waals surface area contributed by atoms with Gasteiger partial charge in [0.25, 0.3) is 0 Å². The van der Waals surface area contributed by atoms with Gasteiger partial charge < -0.3 is 33.8 Å². The van der Waals surface area contributed by atoms with Gasteiger partial charge in [-0.25, -0.2) is 9.13 Å². The third-order valence-electron chi connectivity index (χ3n) is 16.6. The Hall–Kier alpha value is -4.80. The molecular formula is C85H144O17P2. The van der Waals surface area contributed by atoms with Crippen LogP contribution in [0.3, 0.4) is 0 Å². The molecule has 19 heteroatoms. The van der Waals surface area contributed by atoms with Crippen LogP contribution >= 0.6 is 15.6 Å². The number of hydrogen-bond acceptors (Lipinski definition) is 15. The van der Waals surface area contributed by atoms with Crippen LogP contribution in [0.4, 0.5) is 0 Å². The molecule has 596 valence electrons. The molecule has 17 nitrogen and oxygen atoms in total. The van der Waals surface area contributed by atoms with Gasteiger partial charge in [-0.05, 0) is 161 Å². The van der Waals surface area contributed by atoms with Gasteiger partial charge in [0, 0.05) is 25.7 Å². The van der Waals surface area contributed by atoms with Gasteiger partial charge >= 0.3 is 39.5 Å². The van der Waals surface area contributed by atoms with Crippen LogP contribution in [0, 0.1) is 0 Å². The molecule has 0 fully saturated rings. The first-order chi connectivity index (χ1) is 50.7. The Balaban J connectivity index is 5.42. The van der Waals surface area contributed by atoms with E-state index in [0.717, 1.165) is 186 Å². The average molecular weight is 1500 g/mol. The third-order valence-corrected chi connectivity index (χ3v) is 18.5. The second kappa shape index (κ2) is 76.4. The lowest BCUT2D eigenvalue weighted by Crippen LogP contribution is -2.30. The van der Waals surface area contributed by atoms with Crippen LogP contribution in [0.2, 0.25) is 0 Å². The minimum atomic E-state index is -4.99. The summed E-state index contributed by atoms with van der Waals surface area (Å²) in [5.74, 6) is -2.26. The summed E-state index contributed by atoms with van der Waals surface area (Å²) in [4.78, 5) is 73.1. The van der Waals surface area contributed by atoms with E-state index in [4.69, 9.17) is 37.0 Å². The number of phosphoric ester groups is 2. The summed E-state index contributed by atoms with van der Waals surface area (Å²) in [6, 6.07) is 0. The van der Waals surface area contributed by atoms with Gasteiger partial charge in [-0.3, -0.25) is 37.3 Å². The Morgan fingerprint density at radius 1 is 0.279 bits per heavy atom. The fourth-order valence-corrected chi connectivity index (χ4v) is 12.0. The summed E-state index contributed by atoms with van der Waals surface area (Å²) < 4.78 is 68.6. The molecule has 0 aromatic heterocycles. The number of unbranched alkanes of at least 4 members (excludes halogenated alkanes) is 27. The molecule has 5 unspecified atom stereocenters. The van der Waals surface area contributed by atoms with E-state index in [9.17, 15) is 43.2 Å². The van der Waals surface area contributed by atoms with E-state index >= 15 is 0 Å². The Bertz CT molecular complexity index is 2490. The normalized spacial score (nSPS) is 14.6. The monoisotopic (exact) mass is 1500 g/mol. The van der Waals surface area contributed by atoms with E-state index in [0.29, 0.717) is 25.7 Å². The van der Waals surface area contributed by atoms with Crippen molar-refractivity contribution >= 4 is 39.5 Å². The first-order valence-electron chi connectivity index (χ1n) is 40.4. The molecular weight excluding hydrogens is 1350 g/mol. The Morgan fingerprint density at radius 2 is 0.500 bits per heavy atom. The first kappa shape index (κ1) is 99.2. The highest BCUT2D eigenvalue weighted by molar-refractivity contribution is 7.47. The fourth-order valence-electron chi connectivity index (χ4n) is 10.5. The highest BCUT2D eigenvalue weighted by Gasteiger charge is 2.30. The van der Waals surface area contributed by atoms with Crippen molar-refractivity contribution in [2.75, 3.05) is 39.6 Å². The van der Waals surface area contributed by atoms with E-state index in [2.05, 4.69) is 161 Å². The van der Waals surface area contributed by atoms with Crippen molar-refractivity contribution in [1.29, 1.82) is 0 Å². The molecule has 0 aliphatic heterocycles. The zero-order chi connectivity index (χ0) is 76.0. The molecule has 0 amide bonds. The second-order valence-electron chi connectivity index (χ2n) is 26.6. The number of phosphoric acid groups is 2. The molecule has 0 rings (SSSR count).